The fourth-order valence-electron chi connectivity index (χ4n) is 13.8. The van der Waals surface area contributed by atoms with Gasteiger partial charge in [-0.1, -0.05) is 84.9 Å². The molecule has 0 amide bonds. The van der Waals surface area contributed by atoms with Crippen molar-refractivity contribution in [2.45, 2.75) is 0 Å². The molecular formula is C76H44N6O2. The van der Waals surface area contributed by atoms with Gasteiger partial charge in [0.1, 0.15) is 0 Å². The number of fused-ring (bicyclic) bond motifs is 16. The maximum absolute atomic E-state index is 6.91. The number of anilines is 6. The fraction of sp³-hybridized carbons (Fsp3) is 0. The van der Waals surface area contributed by atoms with E-state index in [1.54, 1.807) is 0 Å². The van der Waals surface area contributed by atoms with Gasteiger partial charge >= 0.3 is 0 Å². The largest absolute Gasteiger partial charge is 0.453 e. The highest BCUT2D eigenvalue weighted by Crippen LogP contribution is 2.55. The predicted molar refractivity (Wildman–Crippen MR) is 345 cm³/mol. The molecule has 390 valence electrons. The van der Waals surface area contributed by atoms with Crippen molar-refractivity contribution in [2.24, 2.45) is 0 Å². The molecular weight excluding hydrogens is 1030 g/mol. The molecule has 13 aromatic carbocycles. The van der Waals surface area contributed by atoms with Crippen LogP contribution in [0.15, 0.2) is 267 Å². The van der Waals surface area contributed by atoms with Crippen LogP contribution in [0.1, 0.15) is 0 Å². The highest BCUT2D eigenvalue weighted by molar-refractivity contribution is 6.19. The van der Waals surface area contributed by atoms with E-state index in [4.69, 9.17) is 9.47 Å². The zero-order chi connectivity index (χ0) is 54.7. The first-order valence-corrected chi connectivity index (χ1v) is 28.4. The number of benzene rings is 13. The van der Waals surface area contributed by atoms with Gasteiger partial charge in [0.05, 0.1) is 44.8 Å². The molecule has 0 atom stereocenters. The van der Waals surface area contributed by atoms with Crippen LogP contribution in [0.4, 0.5) is 34.1 Å². The van der Waals surface area contributed by atoms with Crippen molar-refractivity contribution in [2.75, 3.05) is 9.80 Å². The average molecular weight is 1070 g/mol. The van der Waals surface area contributed by atoms with Crippen LogP contribution in [0, 0.1) is 0 Å². The summed E-state index contributed by atoms with van der Waals surface area (Å²) in [6.45, 7) is 0. The highest BCUT2D eigenvalue weighted by Gasteiger charge is 2.31. The normalized spacial score (nSPS) is 12.9. The Morgan fingerprint density at radius 1 is 0.226 bits per heavy atom. The maximum atomic E-state index is 6.91. The summed E-state index contributed by atoms with van der Waals surface area (Å²) in [6.07, 6.45) is 7.48. The van der Waals surface area contributed by atoms with Crippen LogP contribution in [0.25, 0.3) is 120 Å². The number of para-hydroxylation sites is 4. The zero-order valence-electron chi connectivity index (χ0n) is 44.9. The van der Waals surface area contributed by atoms with Crippen molar-refractivity contribution in [3.05, 3.63) is 267 Å². The van der Waals surface area contributed by atoms with Gasteiger partial charge < -0.3 is 28.4 Å². The molecule has 8 heteroatoms. The van der Waals surface area contributed by atoms with E-state index in [9.17, 15) is 0 Å². The molecule has 2 aliphatic rings. The number of rotatable bonds is 4. The van der Waals surface area contributed by atoms with Crippen molar-refractivity contribution in [1.29, 1.82) is 0 Å². The highest BCUT2D eigenvalue weighted by atomic mass is 16.5. The van der Waals surface area contributed by atoms with E-state index in [2.05, 4.69) is 259 Å². The minimum Gasteiger partial charge on any atom is -0.453 e. The number of hydrogen-bond donors (Lipinski definition) is 0. The van der Waals surface area contributed by atoms with Crippen molar-refractivity contribution in [1.82, 2.24) is 19.1 Å². The van der Waals surface area contributed by atoms with Gasteiger partial charge in [-0.15, -0.1) is 0 Å². The molecule has 8 nitrogen and oxygen atoms in total. The van der Waals surface area contributed by atoms with Crippen molar-refractivity contribution in [3.8, 4) is 34.4 Å². The van der Waals surface area contributed by atoms with Crippen LogP contribution in [-0.4, -0.2) is 19.1 Å². The molecule has 0 fully saturated rings. The maximum Gasteiger partial charge on any atom is 0.152 e. The first-order chi connectivity index (χ1) is 41.6. The predicted octanol–water partition coefficient (Wildman–Crippen LogP) is 20.7. The summed E-state index contributed by atoms with van der Waals surface area (Å²) in [7, 11) is 0. The minimum atomic E-state index is 0.799. The molecule has 0 saturated heterocycles. The minimum absolute atomic E-state index is 0.799. The van der Waals surface area contributed by atoms with E-state index >= 15 is 0 Å². The van der Waals surface area contributed by atoms with Gasteiger partial charge in [0.2, 0.25) is 0 Å². The third-order valence-corrected chi connectivity index (χ3v) is 17.6. The summed E-state index contributed by atoms with van der Waals surface area (Å²) in [5.74, 6) is 3.21. The van der Waals surface area contributed by atoms with E-state index in [0.717, 1.165) is 134 Å². The first kappa shape index (κ1) is 45.3. The Morgan fingerprint density at radius 2 is 0.560 bits per heavy atom. The van der Waals surface area contributed by atoms with Crippen molar-refractivity contribution < 1.29 is 9.47 Å². The molecule has 0 bridgehead atoms. The Morgan fingerprint density at radius 3 is 0.976 bits per heavy atom. The molecule has 19 rings (SSSR count). The van der Waals surface area contributed by atoms with Gasteiger partial charge in [-0.05, 0) is 222 Å². The van der Waals surface area contributed by atoms with E-state index in [1.807, 2.05) is 36.9 Å². The lowest BCUT2D eigenvalue weighted by atomic mass is 10.00. The second-order valence-corrected chi connectivity index (χ2v) is 22.3. The number of aromatic nitrogens is 4. The Hall–Kier alpha value is -11.5. The SMILES string of the molecule is c1ccc2c(c1)Oc1cc3c4cc5cc6ccccc6cc5cc4n(-c4ccncc4)c3cc1N2c1ccc2cc3cc(N4c5ccccc5Oc5cc6c7cc8cc9ccccc9cc8cc7n(-c7ccncc7)c6cc54)ccc3cc2c1. The molecule has 84 heavy (non-hydrogen) atoms. The summed E-state index contributed by atoms with van der Waals surface area (Å²) < 4.78 is 18.6. The molecule has 0 radical (unpaired) electrons. The zero-order valence-corrected chi connectivity index (χ0v) is 44.9. The lowest BCUT2D eigenvalue weighted by Crippen LogP contribution is -2.16. The van der Waals surface area contributed by atoms with Gasteiger partial charge in [-0.25, -0.2) is 0 Å². The third-order valence-electron chi connectivity index (χ3n) is 17.6. The Labute approximate surface area is 480 Å². The monoisotopic (exact) mass is 1070 g/mol. The topological polar surface area (TPSA) is 60.6 Å². The standard InChI is InChI=1S/C76H44N6O2/c1-3-11-47-31-55-39-67-61(37-53(55)29-45(47)9-1)63-41-75-71(43-69(63)79(67)57-21-25-77-26-22-57)81(65-13-5-7-15-73(65)83-75)59-19-17-49-34-52-36-60(20-18-50(52)33-51(49)35-59)82-66-14-6-8-16-74(66)84-76-42-64-62-38-54-30-46-10-2-4-12-48(46)32-56(54)40-68(62)80(70(64)44-72(76)82)58-23-27-78-28-24-58/h1-44H. The van der Waals surface area contributed by atoms with Gasteiger partial charge in [0.25, 0.3) is 0 Å². The average Bonchev–Trinajstić information content (AvgIpc) is 2.23. The molecule has 17 aromatic rings. The third kappa shape index (κ3) is 6.64. The first-order valence-electron chi connectivity index (χ1n) is 28.4. The summed E-state index contributed by atoms with van der Waals surface area (Å²) in [5, 5.41) is 18.8. The lowest BCUT2D eigenvalue weighted by Gasteiger charge is -2.33. The Bertz CT molecular complexity index is 5360. The van der Waals surface area contributed by atoms with Gasteiger partial charge in [0, 0.05) is 69.1 Å². The number of pyridine rings is 2. The van der Waals surface area contributed by atoms with Crippen LogP contribution >= 0.6 is 0 Å². The van der Waals surface area contributed by atoms with Gasteiger partial charge in [-0.2, -0.15) is 0 Å². The molecule has 0 saturated carbocycles. The van der Waals surface area contributed by atoms with Crippen LogP contribution in [-0.2, 0) is 0 Å². The van der Waals surface area contributed by atoms with Gasteiger partial charge in [0.15, 0.2) is 23.0 Å². The summed E-state index contributed by atoms with van der Waals surface area (Å²) in [6, 6.07) is 88.3. The molecule has 6 heterocycles. The number of ether oxygens (including phenoxy) is 2. The Kier molecular flexibility index (Phi) is 9.18. The van der Waals surface area contributed by atoms with E-state index in [0.29, 0.717) is 0 Å². The van der Waals surface area contributed by atoms with Crippen LogP contribution < -0.4 is 19.3 Å². The molecule has 4 aromatic heterocycles. The van der Waals surface area contributed by atoms with Crippen molar-refractivity contribution in [3.63, 3.8) is 0 Å². The van der Waals surface area contributed by atoms with E-state index in [1.165, 1.54) is 43.1 Å². The summed E-state index contributed by atoms with van der Waals surface area (Å²) >= 11 is 0. The van der Waals surface area contributed by atoms with E-state index in [-0.39, 0.29) is 0 Å². The van der Waals surface area contributed by atoms with Crippen molar-refractivity contribution >= 4 is 142 Å². The summed E-state index contributed by atoms with van der Waals surface area (Å²) in [4.78, 5) is 13.6. The molecule has 2 aliphatic heterocycles. The number of hydrogen-bond acceptors (Lipinski definition) is 6. The molecule has 0 N–H and O–H groups in total. The smallest absolute Gasteiger partial charge is 0.152 e. The lowest BCUT2D eigenvalue weighted by molar-refractivity contribution is 0.477. The van der Waals surface area contributed by atoms with Crippen LogP contribution in [0.3, 0.4) is 0 Å². The molecule has 0 unspecified atom stereocenters. The van der Waals surface area contributed by atoms with Gasteiger partial charge in [-0.3, -0.25) is 9.97 Å². The van der Waals surface area contributed by atoms with Crippen LogP contribution in [0.2, 0.25) is 0 Å². The molecule has 0 spiro atoms. The fourth-order valence-corrected chi connectivity index (χ4v) is 13.8. The van der Waals surface area contributed by atoms with Crippen LogP contribution in [0.5, 0.6) is 23.0 Å². The quantitative estimate of drug-likeness (QED) is 0.164. The summed E-state index contributed by atoms with van der Waals surface area (Å²) in [5.41, 5.74) is 12.5. The molecule has 0 aliphatic carbocycles. The Balaban J connectivity index is 0.756. The second-order valence-electron chi connectivity index (χ2n) is 22.3. The van der Waals surface area contributed by atoms with E-state index < -0.39 is 0 Å². The second kappa shape index (κ2) is 17.0. The number of nitrogens with zero attached hydrogens (tertiary/aromatic N) is 6.